The van der Waals surface area contributed by atoms with Crippen LogP contribution in [0.5, 0.6) is 10.9 Å². The van der Waals surface area contributed by atoms with E-state index in [2.05, 4.69) is 25.3 Å². The first-order valence-electron chi connectivity index (χ1n) is 5.09. The fourth-order valence-corrected chi connectivity index (χ4v) is 2.38. The maximum Gasteiger partial charge on any atom is 0.298 e. The number of aromatic nitrogens is 2. The molecule has 1 heterocycles. The summed E-state index contributed by atoms with van der Waals surface area (Å²) in [5.74, 6) is 2.29. The summed E-state index contributed by atoms with van der Waals surface area (Å²) in [4.78, 5) is 4.37. The van der Waals surface area contributed by atoms with Gasteiger partial charge in [-0.2, -0.15) is 9.36 Å². The molecular formula is C11H9BrN2OS. The van der Waals surface area contributed by atoms with Crippen LogP contribution in [0.25, 0.3) is 0 Å². The van der Waals surface area contributed by atoms with E-state index < -0.39 is 0 Å². The molecule has 0 saturated heterocycles. The molecule has 1 aliphatic carbocycles. The summed E-state index contributed by atoms with van der Waals surface area (Å²) in [6.07, 6.45) is 2.43. The Hall–Kier alpha value is -0.940. The van der Waals surface area contributed by atoms with Crippen molar-refractivity contribution < 1.29 is 4.74 Å². The van der Waals surface area contributed by atoms with E-state index in [0.29, 0.717) is 11.1 Å². The zero-order valence-electron chi connectivity index (χ0n) is 8.39. The Morgan fingerprint density at radius 2 is 2.12 bits per heavy atom. The van der Waals surface area contributed by atoms with E-state index in [4.69, 9.17) is 4.74 Å². The van der Waals surface area contributed by atoms with Gasteiger partial charge in [0, 0.05) is 17.5 Å². The number of rotatable bonds is 3. The molecule has 1 aromatic heterocycles. The lowest BCUT2D eigenvalue weighted by atomic mass is 10.3. The minimum absolute atomic E-state index is 0.577. The number of benzene rings is 1. The van der Waals surface area contributed by atoms with E-state index in [1.165, 1.54) is 24.4 Å². The lowest BCUT2D eigenvalue weighted by Crippen LogP contribution is -1.85. The molecule has 1 fully saturated rings. The molecule has 3 nitrogen and oxygen atoms in total. The van der Waals surface area contributed by atoms with E-state index >= 15 is 0 Å². The number of nitrogens with zero attached hydrogens (tertiary/aromatic N) is 2. The number of para-hydroxylation sites is 1. The SMILES string of the molecule is Brc1ccccc1Oc1nc(C2CC2)ns1. The van der Waals surface area contributed by atoms with Gasteiger partial charge in [-0.25, -0.2) is 0 Å². The molecular weight excluding hydrogens is 288 g/mol. The zero-order valence-corrected chi connectivity index (χ0v) is 10.8. The van der Waals surface area contributed by atoms with Crippen LogP contribution in [-0.2, 0) is 0 Å². The van der Waals surface area contributed by atoms with Crippen molar-refractivity contribution in [3.05, 3.63) is 34.6 Å². The first kappa shape index (κ1) is 10.2. The van der Waals surface area contributed by atoms with Crippen molar-refractivity contribution in [2.45, 2.75) is 18.8 Å². The smallest absolute Gasteiger partial charge is 0.298 e. The third kappa shape index (κ3) is 2.10. The first-order valence-corrected chi connectivity index (χ1v) is 6.65. The van der Waals surface area contributed by atoms with E-state index in [-0.39, 0.29) is 0 Å². The lowest BCUT2D eigenvalue weighted by Gasteiger charge is -2.02. The van der Waals surface area contributed by atoms with Crippen LogP contribution >= 0.6 is 27.5 Å². The fraction of sp³-hybridized carbons (Fsp3) is 0.273. The number of ether oxygens (including phenoxy) is 1. The van der Waals surface area contributed by atoms with Crippen LogP contribution in [-0.4, -0.2) is 9.36 Å². The van der Waals surface area contributed by atoms with Gasteiger partial charge in [0.2, 0.25) is 0 Å². The molecule has 0 atom stereocenters. The van der Waals surface area contributed by atoms with Crippen LogP contribution in [0.1, 0.15) is 24.6 Å². The standard InChI is InChI=1S/C11H9BrN2OS/c12-8-3-1-2-4-9(8)15-11-13-10(14-16-11)7-5-6-7/h1-4,7H,5-6H2. The molecule has 2 aromatic rings. The third-order valence-corrected chi connectivity index (χ3v) is 3.66. The highest BCUT2D eigenvalue weighted by Crippen LogP contribution is 2.40. The van der Waals surface area contributed by atoms with Gasteiger partial charge in [-0.1, -0.05) is 12.1 Å². The molecule has 0 amide bonds. The van der Waals surface area contributed by atoms with Crippen molar-refractivity contribution in [2.75, 3.05) is 0 Å². The number of halogens is 1. The molecule has 1 aromatic carbocycles. The first-order chi connectivity index (χ1) is 7.83. The highest BCUT2D eigenvalue weighted by molar-refractivity contribution is 9.10. The average Bonchev–Trinajstić information content (AvgIpc) is 3.03. The largest absolute Gasteiger partial charge is 0.429 e. The molecule has 0 bridgehead atoms. The highest BCUT2D eigenvalue weighted by atomic mass is 79.9. The Morgan fingerprint density at radius 1 is 1.31 bits per heavy atom. The number of hydrogen-bond acceptors (Lipinski definition) is 4. The number of hydrogen-bond donors (Lipinski definition) is 0. The summed E-state index contributed by atoms with van der Waals surface area (Å²) in [6, 6.07) is 7.73. The molecule has 0 radical (unpaired) electrons. The van der Waals surface area contributed by atoms with Crippen molar-refractivity contribution >= 4 is 27.5 Å². The summed E-state index contributed by atoms with van der Waals surface area (Å²) >= 11 is 4.75. The summed E-state index contributed by atoms with van der Waals surface area (Å²) in [6.45, 7) is 0. The normalized spacial score (nSPS) is 15.1. The summed E-state index contributed by atoms with van der Waals surface area (Å²) in [7, 11) is 0. The van der Waals surface area contributed by atoms with Crippen LogP contribution < -0.4 is 4.74 Å². The molecule has 0 N–H and O–H groups in total. The Bertz CT molecular complexity index is 510. The summed E-state index contributed by atoms with van der Waals surface area (Å²) in [5, 5.41) is 0.619. The minimum atomic E-state index is 0.577. The second-order valence-electron chi connectivity index (χ2n) is 3.73. The lowest BCUT2D eigenvalue weighted by molar-refractivity contribution is 0.474. The Kier molecular flexibility index (Phi) is 2.65. The van der Waals surface area contributed by atoms with Gasteiger partial charge in [0.05, 0.1) is 4.47 Å². The van der Waals surface area contributed by atoms with Crippen molar-refractivity contribution in [3.8, 4) is 10.9 Å². The second kappa shape index (κ2) is 4.14. The predicted molar refractivity (Wildman–Crippen MR) is 66.1 cm³/mol. The summed E-state index contributed by atoms with van der Waals surface area (Å²) in [5.41, 5.74) is 0. The highest BCUT2D eigenvalue weighted by Gasteiger charge is 2.28. The summed E-state index contributed by atoms with van der Waals surface area (Å²) < 4.78 is 10.9. The monoisotopic (exact) mass is 296 g/mol. The van der Waals surface area contributed by atoms with Crippen LogP contribution in [0.15, 0.2) is 28.7 Å². The maximum atomic E-state index is 5.67. The van der Waals surface area contributed by atoms with E-state index in [1.807, 2.05) is 24.3 Å². The van der Waals surface area contributed by atoms with Crippen LogP contribution in [0.2, 0.25) is 0 Å². The Morgan fingerprint density at radius 3 is 2.88 bits per heavy atom. The quantitative estimate of drug-likeness (QED) is 0.859. The van der Waals surface area contributed by atoms with Crippen molar-refractivity contribution in [1.82, 2.24) is 9.36 Å². The van der Waals surface area contributed by atoms with Crippen molar-refractivity contribution in [3.63, 3.8) is 0 Å². The molecule has 82 valence electrons. The van der Waals surface area contributed by atoms with E-state index in [1.54, 1.807) is 0 Å². The minimum Gasteiger partial charge on any atom is -0.429 e. The van der Waals surface area contributed by atoms with Crippen LogP contribution in [0.3, 0.4) is 0 Å². The molecule has 0 spiro atoms. The maximum absolute atomic E-state index is 5.67. The fourth-order valence-electron chi connectivity index (χ4n) is 1.39. The predicted octanol–water partition coefficient (Wildman–Crippen LogP) is 3.97. The van der Waals surface area contributed by atoms with Gasteiger partial charge in [0.15, 0.2) is 0 Å². The average molecular weight is 297 g/mol. The zero-order chi connectivity index (χ0) is 11.0. The van der Waals surface area contributed by atoms with E-state index in [9.17, 15) is 0 Å². The second-order valence-corrected chi connectivity index (χ2v) is 5.29. The van der Waals surface area contributed by atoms with Gasteiger partial charge in [0.25, 0.3) is 5.19 Å². The van der Waals surface area contributed by atoms with Gasteiger partial charge >= 0.3 is 0 Å². The van der Waals surface area contributed by atoms with Gasteiger partial charge in [-0.3, -0.25) is 0 Å². The Balaban J connectivity index is 1.80. The van der Waals surface area contributed by atoms with Crippen LogP contribution in [0.4, 0.5) is 0 Å². The molecule has 1 saturated carbocycles. The molecule has 16 heavy (non-hydrogen) atoms. The third-order valence-electron chi connectivity index (χ3n) is 2.40. The molecule has 0 unspecified atom stereocenters. The van der Waals surface area contributed by atoms with Gasteiger partial charge in [-0.05, 0) is 40.9 Å². The molecule has 3 rings (SSSR count). The van der Waals surface area contributed by atoms with Gasteiger partial charge in [-0.15, -0.1) is 0 Å². The molecule has 1 aliphatic rings. The van der Waals surface area contributed by atoms with Crippen molar-refractivity contribution in [1.29, 1.82) is 0 Å². The molecule has 5 heteroatoms. The topological polar surface area (TPSA) is 35.0 Å². The van der Waals surface area contributed by atoms with Gasteiger partial charge in [0.1, 0.15) is 11.6 Å². The van der Waals surface area contributed by atoms with E-state index in [0.717, 1.165) is 16.0 Å². The van der Waals surface area contributed by atoms with Crippen LogP contribution in [0, 0.1) is 0 Å². The molecule has 0 aliphatic heterocycles. The van der Waals surface area contributed by atoms with Gasteiger partial charge < -0.3 is 4.74 Å². The van der Waals surface area contributed by atoms with Crippen molar-refractivity contribution in [2.24, 2.45) is 0 Å². The Labute approximate surface area is 106 Å².